The number of hydrogen-bond donors (Lipinski definition) is 1. The van der Waals surface area contributed by atoms with Gasteiger partial charge in [0, 0.05) is 25.3 Å². The van der Waals surface area contributed by atoms with Crippen LogP contribution in [0.25, 0.3) is 0 Å². The third kappa shape index (κ3) is 2.32. The number of anilines is 1. The number of nitrogens with zero attached hydrogens (tertiary/aromatic N) is 3. The Morgan fingerprint density at radius 1 is 1.23 bits per heavy atom. The number of rotatable bonds is 3. The van der Waals surface area contributed by atoms with Gasteiger partial charge in [-0.25, -0.2) is 8.42 Å². The fraction of sp³-hybridized carbons (Fsp3) is 0.444. The predicted octanol–water partition coefficient (Wildman–Crippen LogP) is 1.89. The molecule has 0 aliphatic carbocycles. The highest BCUT2D eigenvalue weighted by Gasteiger charge is 2.49. The molecule has 0 radical (unpaired) electrons. The van der Waals surface area contributed by atoms with Crippen LogP contribution < -0.4 is 5.32 Å². The highest BCUT2D eigenvalue weighted by atomic mass is 32.2. The molecule has 0 bridgehead atoms. The Morgan fingerprint density at radius 2 is 1.92 bits per heavy atom. The molecule has 1 saturated heterocycles. The third-order valence-corrected chi connectivity index (χ3v) is 7.68. The minimum absolute atomic E-state index is 0.0225. The van der Waals surface area contributed by atoms with Crippen LogP contribution in [0.2, 0.25) is 0 Å². The van der Waals surface area contributed by atoms with Crippen LogP contribution in [-0.2, 0) is 26.8 Å². The fourth-order valence-corrected chi connectivity index (χ4v) is 5.72. The molecule has 0 unspecified atom stereocenters. The lowest BCUT2D eigenvalue weighted by atomic mass is 9.74. The van der Waals surface area contributed by atoms with Crippen molar-refractivity contribution in [3.63, 3.8) is 0 Å². The van der Waals surface area contributed by atoms with Gasteiger partial charge in [0.25, 0.3) is 0 Å². The van der Waals surface area contributed by atoms with Crippen molar-refractivity contribution in [2.45, 2.75) is 43.5 Å². The standard InChI is InChI=1S/C18H22N4O3S/c1-3-22-13(2)16(12-19-22)26(24,25)21-10-8-18(9-11-21)14-6-4-5-7-15(14)20-17(18)23/h4-7,12H,3,8-11H2,1-2H3,(H,20,23). The zero-order valence-electron chi connectivity index (χ0n) is 14.9. The minimum atomic E-state index is -3.60. The van der Waals surface area contributed by atoms with Gasteiger partial charge in [-0.1, -0.05) is 18.2 Å². The number of aromatic nitrogens is 2. The van der Waals surface area contributed by atoms with E-state index in [-0.39, 0.29) is 10.8 Å². The van der Waals surface area contributed by atoms with Gasteiger partial charge in [0.1, 0.15) is 4.90 Å². The number of carbonyl (C=O) groups excluding carboxylic acids is 1. The van der Waals surface area contributed by atoms with Gasteiger partial charge >= 0.3 is 0 Å². The monoisotopic (exact) mass is 374 g/mol. The molecule has 26 heavy (non-hydrogen) atoms. The van der Waals surface area contributed by atoms with E-state index >= 15 is 0 Å². The van der Waals surface area contributed by atoms with E-state index in [0.717, 1.165) is 11.3 Å². The summed E-state index contributed by atoms with van der Waals surface area (Å²) in [6, 6.07) is 7.68. The number of fused-ring (bicyclic) bond motifs is 2. The number of hydrogen-bond acceptors (Lipinski definition) is 4. The first-order valence-electron chi connectivity index (χ1n) is 8.83. The summed E-state index contributed by atoms with van der Waals surface area (Å²) < 4.78 is 29.2. The lowest BCUT2D eigenvalue weighted by Gasteiger charge is -2.37. The SMILES string of the molecule is CCn1ncc(S(=O)(=O)N2CCC3(CC2)C(=O)Nc2ccccc23)c1C. The normalized spacial score (nSPS) is 19.5. The highest BCUT2D eigenvalue weighted by Crippen LogP contribution is 2.45. The summed E-state index contributed by atoms with van der Waals surface area (Å²) >= 11 is 0. The van der Waals surface area contributed by atoms with Gasteiger partial charge < -0.3 is 5.32 Å². The average molecular weight is 374 g/mol. The van der Waals surface area contributed by atoms with Crippen molar-refractivity contribution in [3.05, 3.63) is 41.7 Å². The summed E-state index contributed by atoms with van der Waals surface area (Å²) in [6.45, 7) is 4.97. The summed E-state index contributed by atoms with van der Waals surface area (Å²) in [5.41, 5.74) is 1.85. The maximum absolute atomic E-state index is 13.0. The van der Waals surface area contributed by atoms with Gasteiger partial charge in [-0.2, -0.15) is 9.40 Å². The molecular formula is C18H22N4O3S. The van der Waals surface area contributed by atoms with Gasteiger partial charge in [0.2, 0.25) is 15.9 Å². The zero-order chi connectivity index (χ0) is 18.5. The topological polar surface area (TPSA) is 84.3 Å². The zero-order valence-corrected chi connectivity index (χ0v) is 15.7. The van der Waals surface area contributed by atoms with E-state index in [0.29, 0.717) is 38.2 Å². The Hall–Kier alpha value is -2.19. The number of para-hydroxylation sites is 1. The Bertz CT molecular complexity index is 972. The van der Waals surface area contributed by atoms with Crippen LogP contribution in [0, 0.1) is 6.92 Å². The molecule has 2 aliphatic rings. The predicted molar refractivity (Wildman–Crippen MR) is 97.4 cm³/mol. The first kappa shape index (κ1) is 17.2. The van der Waals surface area contributed by atoms with E-state index in [9.17, 15) is 13.2 Å². The molecule has 1 aromatic carbocycles. The van der Waals surface area contributed by atoms with E-state index in [2.05, 4.69) is 10.4 Å². The Morgan fingerprint density at radius 3 is 2.58 bits per heavy atom. The maximum atomic E-state index is 13.0. The van der Waals surface area contributed by atoms with Crippen molar-refractivity contribution in [2.75, 3.05) is 18.4 Å². The number of sulfonamides is 1. The van der Waals surface area contributed by atoms with Crippen LogP contribution in [0.3, 0.4) is 0 Å². The van der Waals surface area contributed by atoms with Crippen molar-refractivity contribution in [3.8, 4) is 0 Å². The number of piperidine rings is 1. The minimum Gasteiger partial charge on any atom is -0.325 e. The van der Waals surface area contributed by atoms with E-state index in [4.69, 9.17) is 0 Å². The van der Waals surface area contributed by atoms with Gasteiger partial charge in [0.05, 0.1) is 17.3 Å². The van der Waals surface area contributed by atoms with Gasteiger partial charge in [-0.15, -0.1) is 0 Å². The number of nitrogens with one attached hydrogen (secondary N) is 1. The molecule has 8 heteroatoms. The molecule has 1 amide bonds. The van der Waals surface area contributed by atoms with Crippen LogP contribution in [-0.4, -0.2) is 41.5 Å². The molecule has 0 atom stereocenters. The fourth-order valence-electron chi connectivity index (χ4n) is 4.12. The molecule has 4 rings (SSSR count). The first-order chi connectivity index (χ1) is 12.4. The number of aryl methyl sites for hydroxylation is 1. The maximum Gasteiger partial charge on any atom is 0.246 e. The van der Waals surface area contributed by atoms with Crippen LogP contribution in [0.5, 0.6) is 0 Å². The van der Waals surface area contributed by atoms with Crippen molar-refractivity contribution < 1.29 is 13.2 Å². The van der Waals surface area contributed by atoms with E-state index in [1.165, 1.54) is 10.5 Å². The number of carbonyl (C=O) groups is 1. The highest BCUT2D eigenvalue weighted by molar-refractivity contribution is 7.89. The molecule has 2 aromatic rings. The largest absolute Gasteiger partial charge is 0.325 e. The lowest BCUT2D eigenvalue weighted by Crippen LogP contribution is -2.48. The van der Waals surface area contributed by atoms with Crippen LogP contribution in [0.1, 0.15) is 31.0 Å². The van der Waals surface area contributed by atoms with E-state index < -0.39 is 15.4 Å². The molecule has 1 aromatic heterocycles. The molecular weight excluding hydrogens is 352 g/mol. The van der Waals surface area contributed by atoms with Gasteiger partial charge in [0.15, 0.2) is 0 Å². The molecule has 1 spiro atoms. The molecule has 1 N–H and O–H groups in total. The quantitative estimate of drug-likeness (QED) is 0.889. The second-order valence-corrected chi connectivity index (χ2v) is 8.80. The Labute approximate surface area is 153 Å². The number of benzene rings is 1. The second-order valence-electron chi connectivity index (χ2n) is 6.90. The number of amides is 1. The molecule has 1 fully saturated rings. The average Bonchev–Trinajstić information content (AvgIpc) is 3.14. The summed E-state index contributed by atoms with van der Waals surface area (Å²) in [4.78, 5) is 12.9. The lowest BCUT2D eigenvalue weighted by molar-refractivity contribution is -0.122. The molecule has 7 nitrogen and oxygen atoms in total. The van der Waals surface area contributed by atoms with Gasteiger partial charge in [-0.3, -0.25) is 9.48 Å². The van der Waals surface area contributed by atoms with E-state index in [1.807, 2.05) is 31.2 Å². The first-order valence-corrected chi connectivity index (χ1v) is 10.3. The van der Waals surface area contributed by atoms with E-state index in [1.54, 1.807) is 11.6 Å². The molecule has 0 saturated carbocycles. The smallest absolute Gasteiger partial charge is 0.246 e. The van der Waals surface area contributed by atoms with Crippen LogP contribution >= 0.6 is 0 Å². The summed E-state index contributed by atoms with van der Waals surface area (Å²) in [5, 5.41) is 7.10. The molecule has 138 valence electrons. The summed E-state index contributed by atoms with van der Waals surface area (Å²) in [6.07, 6.45) is 2.39. The second kappa shape index (κ2) is 5.92. The molecule has 3 heterocycles. The van der Waals surface area contributed by atoms with Crippen LogP contribution in [0.4, 0.5) is 5.69 Å². The third-order valence-electron chi connectivity index (χ3n) is 5.68. The Balaban J connectivity index is 1.61. The molecule has 2 aliphatic heterocycles. The van der Waals surface area contributed by atoms with Crippen molar-refractivity contribution in [1.82, 2.24) is 14.1 Å². The van der Waals surface area contributed by atoms with Crippen LogP contribution in [0.15, 0.2) is 35.4 Å². The van der Waals surface area contributed by atoms with Crippen molar-refractivity contribution >= 4 is 21.6 Å². The summed E-state index contributed by atoms with van der Waals surface area (Å²) in [5.74, 6) is -0.0225. The van der Waals surface area contributed by atoms with Gasteiger partial charge in [-0.05, 0) is 38.3 Å². The van der Waals surface area contributed by atoms with Crippen molar-refractivity contribution in [1.29, 1.82) is 0 Å². The summed E-state index contributed by atoms with van der Waals surface area (Å²) in [7, 11) is -3.60. The Kier molecular flexibility index (Phi) is 3.92. The van der Waals surface area contributed by atoms with Crippen molar-refractivity contribution in [2.24, 2.45) is 0 Å².